The molecule has 0 aromatic carbocycles. The van der Waals surface area contributed by atoms with Crippen LogP contribution in [0.5, 0.6) is 0 Å². The molecule has 110 valence electrons. The fraction of sp³-hybridized carbons (Fsp3) is 0.625. The quantitative estimate of drug-likeness (QED) is 0.897. The first-order chi connectivity index (χ1) is 9.72. The SMILES string of the molecule is CCNc1ccncc1C(=O)N(C)CC1CCCCC1. The lowest BCUT2D eigenvalue weighted by molar-refractivity contribution is 0.0761. The third-order valence-corrected chi connectivity index (χ3v) is 4.02. The van der Waals surface area contributed by atoms with Crippen molar-refractivity contribution in [2.75, 3.05) is 25.5 Å². The maximum atomic E-state index is 12.6. The molecule has 4 nitrogen and oxygen atoms in total. The molecule has 0 unspecified atom stereocenters. The van der Waals surface area contributed by atoms with Crippen molar-refractivity contribution in [1.29, 1.82) is 0 Å². The summed E-state index contributed by atoms with van der Waals surface area (Å²) in [4.78, 5) is 18.5. The minimum atomic E-state index is 0.0691. The van der Waals surface area contributed by atoms with Gasteiger partial charge in [0, 0.05) is 32.5 Å². The van der Waals surface area contributed by atoms with Crippen LogP contribution in [0, 0.1) is 5.92 Å². The van der Waals surface area contributed by atoms with Crippen LogP contribution in [0.15, 0.2) is 18.5 Å². The molecule has 0 atom stereocenters. The number of nitrogens with one attached hydrogen (secondary N) is 1. The van der Waals surface area contributed by atoms with Crippen LogP contribution in [0.4, 0.5) is 5.69 Å². The Morgan fingerprint density at radius 2 is 2.15 bits per heavy atom. The second kappa shape index (κ2) is 7.27. The summed E-state index contributed by atoms with van der Waals surface area (Å²) in [6.45, 7) is 3.69. The zero-order valence-corrected chi connectivity index (χ0v) is 12.6. The van der Waals surface area contributed by atoms with Gasteiger partial charge in [0.1, 0.15) is 0 Å². The van der Waals surface area contributed by atoms with E-state index in [1.54, 1.807) is 12.4 Å². The normalized spacial score (nSPS) is 15.9. The second-order valence-corrected chi connectivity index (χ2v) is 5.64. The lowest BCUT2D eigenvalue weighted by Gasteiger charge is -2.27. The largest absolute Gasteiger partial charge is 0.385 e. The highest BCUT2D eigenvalue weighted by molar-refractivity contribution is 5.99. The fourth-order valence-electron chi connectivity index (χ4n) is 2.96. The van der Waals surface area contributed by atoms with E-state index in [2.05, 4.69) is 10.3 Å². The summed E-state index contributed by atoms with van der Waals surface area (Å²) in [5.74, 6) is 0.733. The van der Waals surface area contributed by atoms with E-state index < -0.39 is 0 Å². The lowest BCUT2D eigenvalue weighted by Crippen LogP contribution is -2.33. The third kappa shape index (κ3) is 3.71. The highest BCUT2D eigenvalue weighted by Gasteiger charge is 2.20. The maximum Gasteiger partial charge on any atom is 0.257 e. The standard InChI is InChI=1S/C16H25N3O/c1-3-18-15-9-10-17-11-14(15)16(20)19(2)12-13-7-5-4-6-8-13/h9-11,13H,3-8,12H2,1-2H3,(H,17,18). The van der Waals surface area contributed by atoms with Crippen LogP contribution in [0.1, 0.15) is 49.4 Å². The summed E-state index contributed by atoms with van der Waals surface area (Å²) in [5.41, 5.74) is 1.55. The molecular formula is C16H25N3O. The molecule has 0 aliphatic heterocycles. The number of anilines is 1. The van der Waals surface area contributed by atoms with E-state index in [-0.39, 0.29) is 5.91 Å². The Kier molecular flexibility index (Phi) is 5.39. The van der Waals surface area contributed by atoms with Gasteiger partial charge < -0.3 is 10.2 Å². The average Bonchev–Trinajstić information content (AvgIpc) is 2.48. The monoisotopic (exact) mass is 275 g/mol. The van der Waals surface area contributed by atoms with Crippen molar-refractivity contribution in [3.63, 3.8) is 0 Å². The molecule has 1 N–H and O–H groups in total. The smallest absolute Gasteiger partial charge is 0.257 e. The number of aromatic nitrogens is 1. The van der Waals surface area contributed by atoms with Crippen molar-refractivity contribution in [2.45, 2.75) is 39.0 Å². The number of hydrogen-bond donors (Lipinski definition) is 1. The maximum absolute atomic E-state index is 12.6. The number of nitrogens with zero attached hydrogens (tertiary/aromatic N) is 2. The first-order valence-electron chi connectivity index (χ1n) is 7.65. The van der Waals surface area contributed by atoms with Crippen LogP contribution >= 0.6 is 0 Å². The number of carbonyl (C=O) groups is 1. The Morgan fingerprint density at radius 3 is 2.85 bits per heavy atom. The van der Waals surface area contributed by atoms with Crippen LogP contribution in [-0.2, 0) is 0 Å². The third-order valence-electron chi connectivity index (χ3n) is 4.02. The van der Waals surface area contributed by atoms with Crippen LogP contribution in [0.3, 0.4) is 0 Å². The molecule has 20 heavy (non-hydrogen) atoms. The zero-order valence-electron chi connectivity index (χ0n) is 12.6. The molecule has 1 aliphatic rings. The number of hydrogen-bond acceptors (Lipinski definition) is 3. The Bertz CT molecular complexity index is 441. The van der Waals surface area contributed by atoms with Gasteiger partial charge in [-0.2, -0.15) is 0 Å². The van der Waals surface area contributed by atoms with Crippen LogP contribution < -0.4 is 5.32 Å². The Labute approximate surface area is 121 Å². The van der Waals surface area contributed by atoms with Gasteiger partial charge in [-0.25, -0.2) is 0 Å². The van der Waals surface area contributed by atoms with Crippen molar-refractivity contribution in [1.82, 2.24) is 9.88 Å². The number of pyridine rings is 1. The molecule has 0 bridgehead atoms. The molecule has 2 rings (SSSR count). The minimum Gasteiger partial charge on any atom is -0.385 e. The summed E-state index contributed by atoms with van der Waals surface area (Å²) in [7, 11) is 1.90. The van der Waals surface area contributed by atoms with Crippen molar-refractivity contribution in [3.05, 3.63) is 24.0 Å². The Morgan fingerprint density at radius 1 is 1.40 bits per heavy atom. The molecular weight excluding hydrogens is 250 g/mol. The van der Waals surface area contributed by atoms with Crippen LogP contribution in [0.2, 0.25) is 0 Å². The molecule has 1 heterocycles. The van der Waals surface area contributed by atoms with E-state index in [4.69, 9.17) is 0 Å². The van der Waals surface area contributed by atoms with Gasteiger partial charge in [-0.3, -0.25) is 9.78 Å². The molecule has 0 spiro atoms. The molecule has 1 aliphatic carbocycles. The van der Waals surface area contributed by atoms with Crippen LogP contribution in [0.25, 0.3) is 0 Å². The van der Waals surface area contributed by atoms with E-state index in [9.17, 15) is 4.79 Å². The first-order valence-corrected chi connectivity index (χ1v) is 7.65. The molecule has 1 fully saturated rings. The van der Waals surface area contributed by atoms with E-state index in [1.165, 1.54) is 32.1 Å². The number of carbonyl (C=O) groups excluding carboxylic acids is 1. The summed E-state index contributed by atoms with van der Waals surface area (Å²) in [6, 6.07) is 1.87. The molecule has 4 heteroatoms. The van der Waals surface area contributed by atoms with Crippen molar-refractivity contribution in [2.24, 2.45) is 5.92 Å². The molecule has 0 saturated heterocycles. The van der Waals surface area contributed by atoms with Gasteiger partial charge in [0.15, 0.2) is 0 Å². The molecule has 1 saturated carbocycles. The van der Waals surface area contributed by atoms with Gasteiger partial charge in [0.05, 0.1) is 11.3 Å². The van der Waals surface area contributed by atoms with Gasteiger partial charge in [-0.15, -0.1) is 0 Å². The molecule has 1 aromatic heterocycles. The molecule has 0 radical (unpaired) electrons. The summed E-state index contributed by atoms with van der Waals surface area (Å²) in [5, 5.41) is 3.23. The van der Waals surface area contributed by atoms with Gasteiger partial charge in [-0.1, -0.05) is 19.3 Å². The summed E-state index contributed by atoms with van der Waals surface area (Å²) in [6.07, 6.45) is 9.86. The molecule has 1 amide bonds. The van der Waals surface area contributed by atoms with Crippen LogP contribution in [-0.4, -0.2) is 35.9 Å². The minimum absolute atomic E-state index is 0.0691. The first kappa shape index (κ1) is 14.8. The van der Waals surface area contributed by atoms with E-state index in [0.717, 1.165) is 18.8 Å². The number of rotatable bonds is 5. The van der Waals surface area contributed by atoms with E-state index in [1.807, 2.05) is 24.9 Å². The lowest BCUT2D eigenvalue weighted by atomic mass is 9.89. The molecule has 1 aromatic rings. The van der Waals surface area contributed by atoms with Gasteiger partial charge in [0.25, 0.3) is 5.91 Å². The van der Waals surface area contributed by atoms with E-state index >= 15 is 0 Å². The predicted octanol–water partition coefficient (Wildman–Crippen LogP) is 3.17. The van der Waals surface area contributed by atoms with Crippen molar-refractivity contribution < 1.29 is 4.79 Å². The van der Waals surface area contributed by atoms with E-state index in [0.29, 0.717) is 11.5 Å². The topological polar surface area (TPSA) is 45.2 Å². The highest BCUT2D eigenvalue weighted by Crippen LogP contribution is 2.25. The van der Waals surface area contributed by atoms with Gasteiger partial charge in [0.2, 0.25) is 0 Å². The second-order valence-electron chi connectivity index (χ2n) is 5.64. The summed E-state index contributed by atoms with van der Waals surface area (Å²) < 4.78 is 0. The van der Waals surface area contributed by atoms with Gasteiger partial charge >= 0.3 is 0 Å². The van der Waals surface area contributed by atoms with Crippen molar-refractivity contribution in [3.8, 4) is 0 Å². The Balaban J connectivity index is 2.02. The fourth-order valence-corrected chi connectivity index (χ4v) is 2.96. The average molecular weight is 275 g/mol. The summed E-state index contributed by atoms with van der Waals surface area (Å²) >= 11 is 0. The Hall–Kier alpha value is -1.58. The zero-order chi connectivity index (χ0) is 14.4. The van der Waals surface area contributed by atoms with Crippen molar-refractivity contribution >= 4 is 11.6 Å². The van der Waals surface area contributed by atoms with Gasteiger partial charge in [-0.05, 0) is 31.7 Å². The number of amides is 1. The highest BCUT2D eigenvalue weighted by atomic mass is 16.2. The predicted molar refractivity (Wildman–Crippen MR) is 81.9 cm³/mol.